The Kier molecular flexibility index (Phi) is 4.98. The summed E-state index contributed by atoms with van der Waals surface area (Å²) in [5.41, 5.74) is 3.55. The third-order valence-electron chi connectivity index (χ3n) is 6.72. The van der Waals surface area contributed by atoms with E-state index in [0.29, 0.717) is 55.5 Å². The zero-order chi connectivity index (χ0) is 23.3. The van der Waals surface area contributed by atoms with Gasteiger partial charge in [0.2, 0.25) is 11.5 Å². The molecule has 3 aromatic heterocycles. The summed E-state index contributed by atoms with van der Waals surface area (Å²) < 4.78 is 22.8. The lowest BCUT2D eigenvalue weighted by atomic mass is 9.94. The average Bonchev–Trinajstić information content (AvgIpc) is 3.28. The first-order chi connectivity index (χ1) is 16.5. The lowest BCUT2D eigenvalue weighted by Crippen LogP contribution is -2.43. The Morgan fingerprint density at radius 2 is 2.06 bits per heavy atom. The van der Waals surface area contributed by atoms with Crippen molar-refractivity contribution in [3.63, 3.8) is 0 Å². The van der Waals surface area contributed by atoms with Gasteiger partial charge < -0.3 is 20.3 Å². The number of ether oxygens (including phenoxy) is 1. The minimum atomic E-state index is -1.22. The average molecular weight is 463 g/mol. The van der Waals surface area contributed by atoms with Crippen LogP contribution in [-0.2, 0) is 0 Å². The zero-order valence-electron chi connectivity index (χ0n) is 19.3. The van der Waals surface area contributed by atoms with Gasteiger partial charge in [-0.1, -0.05) is 6.07 Å². The number of nitrogens with zero attached hydrogens (tertiary/aromatic N) is 6. The molecule has 9 nitrogen and oxygen atoms in total. The maximum atomic E-state index is 15.2. The molecular weight excluding hydrogens is 435 g/mol. The molecule has 1 saturated heterocycles. The molecule has 34 heavy (non-hydrogen) atoms. The number of nitrogens with one attached hydrogen (secondary N) is 2. The summed E-state index contributed by atoms with van der Waals surface area (Å²) in [4.78, 5) is 7.00. The number of benzene rings is 1. The predicted molar refractivity (Wildman–Crippen MR) is 129 cm³/mol. The standard InChI is InChI=1S/C24H27FN8O/c1-15-11-16-3-4-17(29-20(16)18(12-15)27-14-24(25)5-7-26-8-6-24)22-30-31-23-21-19(13-28-33(22)23)32(2)9-10-34-21/h3-4,11-13,26-27H,5-10,14H2,1-2H3. The summed E-state index contributed by atoms with van der Waals surface area (Å²) in [7, 11) is 2.00. The minimum Gasteiger partial charge on any atom is -0.486 e. The van der Waals surface area contributed by atoms with E-state index in [1.54, 1.807) is 10.7 Å². The Labute approximate surface area is 196 Å². The molecule has 1 aromatic carbocycles. The third-order valence-corrected chi connectivity index (χ3v) is 6.72. The lowest BCUT2D eigenvalue weighted by molar-refractivity contribution is 0.131. The molecule has 2 aliphatic heterocycles. The molecule has 0 spiro atoms. The number of hydrogen-bond acceptors (Lipinski definition) is 8. The number of pyridine rings is 1. The number of piperidine rings is 1. The van der Waals surface area contributed by atoms with E-state index in [1.807, 2.05) is 32.2 Å². The highest BCUT2D eigenvalue weighted by Gasteiger charge is 2.31. The van der Waals surface area contributed by atoms with Crippen LogP contribution in [0.15, 0.2) is 30.5 Å². The second-order valence-corrected chi connectivity index (χ2v) is 9.22. The van der Waals surface area contributed by atoms with Gasteiger partial charge in [0.05, 0.1) is 23.9 Å². The maximum absolute atomic E-state index is 15.2. The molecule has 6 rings (SSSR count). The molecule has 2 N–H and O–H groups in total. The van der Waals surface area contributed by atoms with E-state index < -0.39 is 5.67 Å². The van der Waals surface area contributed by atoms with Crippen LogP contribution in [0, 0.1) is 6.92 Å². The Balaban J connectivity index is 1.40. The largest absolute Gasteiger partial charge is 0.486 e. The Morgan fingerprint density at radius 1 is 1.21 bits per heavy atom. The second kappa shape index (κ2) is 8.05. The van der Waals surface area contributed by atoms with Crippen LogP contribution in [0.2, 0.25) is 0 Å². The number of aryl methyl sites for hydroxylation is 1. The van der Waals surface area contributed by atoms with E-state index in [4.69, 9.17) is 9.72 Å². The second-order valence-electron chi connectivity index (χ2n) is 9.22. The van der Waals surface area contributed by atoms with Crippen LogP contribution < -0.4 is 20.3 Å². The first-order valence-electron chi connectivity index (χ1n) is 11.6. The van der Waals surface area contributed by atoms with Gasteiger partial charge in [-0.25, -0.2) is 9.37 Å². The Hall–Kier alpha value is -3.53. The molecule has 0 aliphatic carbocycles. The first kappa shape index (κ1) is 21.0. The third kappa shape index (κ3) is 3.58. The van der Waals surface area contributed by atoms with Crippen LogP contribution in [0.5, 0.6) is 5.75 Å². The summed E-state index contributed by atoms with van der Waals surface area (Å²) in [6, 6.07) is 8.02. The van der Waals surface area contributed by atoms with Gasteiger partial charge in [-0.3, -0.25) is 0 Å². The normalized spacial score (nSPS) is 17.6. The molecule has 4 aromatic rings. The van der Waals surface area contributed by atoms with E-state index in [0.717, 1.165) is 34.4 Å². The van der Waals surface area contributed by atoms with Gasteiger partial charge >= 0.3 is 0 Å². The van der Waals surface area contributed by atoms with Gasteiger partial charge in [-0.05, 0) is 56.6 Å². The number of hydrogen-bond donors (Lipinski definition) is 2. The molecule has 10 heteroatoms. The number of alkyl halides is 1. The van der Waals surface area contributed by atoms with Crippen molar-refractivity contribution in [3.05, 3.63) is 36.0 Å². The van der Waals surface area contributed by atoms with Crippen molar-refractivity contribution in [3.8, 4) is 17.3 Å². The van der Waals surface area contributed by atoms with Crippen molar-refractivity contribution in [1.82, 2.24) is 30.1 Å². The molecule has 0 amide bonds. The highest BCUT2D eigenvalue weighted by atomic mass is 19.1. The molecule has 0 radical (unpaired) electrons. The number of anilines is 2. The molecule has 0 bridgehead atoms. The molecule has 176 valence electrons. The number of likely N-dealkylation sites (N-methyl/N-ethyl adjacent to an activating group) is 1. The maximum Gasteiger partial charge on any atom is 0.222 e. The van der Waals surface area contributed by atoms with Gasteiger partial charge in [0.25, 0.3) is 0 Å². The van der Waals surface area contributed by atoms with Crippen LogP contribution in [0.25, 0.3) is 28.1 Å². The first-order valence-corrected chi connectivity index (χ1v) is 11.6. The van der Waals surface area contributed by atoms with E-state index in [2.05, 4.69) is 36.9 Å². The molecule has 0 atom stereocenters. The number of fused-ring (bicyclic) bond motifs is 4. The van der Waals surface area contributed by atoms with Crippen molar-refractivity contribution in [2.45, 2.75) is 25.4 Å². The van der Waals surface area contributed by atoms with Gasteiger partial charge in [0.1, 0.15) is 23.7 Å². The molecule has 1 fully saturated rings. The molecule has 5 heterocycles. The Morgan fingerprint density at radius 3 is 2.91 bits per heavy atom. The monoisotopic (exact) mass is 462 g/mol. The van der Waals surface area contributed by atoms with E-state index >= 15 is 4.39 Å². The van der Waals surface area contributed by atoms with E-state index in [9.17, 15) is 0 Å². The van der Waals surface area contributed by atoms with E-state index in [1.165, 1.54) is 0 Å². The van der Waals surface area contributed by atoms with Crippen molar-refractivity contribution in [2.24, 2.45) is 0 Å². The van der Waals surface area contributed by atoms with Gasteiger partial charge in [-0.15, -0.1) is 10.2 Å². The van der Waals surface area contributed by atoms with Gasteiger partial charge in [0.15, 0.2) is 5.75 Å². The fraction of sp³-hybridized carbons (Fsp3) is 0.417. The molecule has 0 unspecified atom stereocenters. The predicted octanol–water partition coefficient (Wildman–Crippen LogP) is 2.98. The van der Waals surface area contributed by atoms with Crippen molar-refractivity contribution >= 4 is 27.9 Å². The summed E-state index contributed by atoms with van der Waals surface area (Å²) in [6.45, 7) is 5.07. The van der Waals surface area contributed by atoms with Crippen LogP contribution in [0.3, 0.4) is 0 Å². The summed E-state index contributed by atoms with van der Waals surface area (Å²) in [5.74, 6) is 1.21. The Bertz CT molecular complexity index is 1380. The lowest BCUT2D eigenvalue weighted by Gasteiger charge is -2.30. The topological polar surface area (TPSA) is 92.5 Å². The van der Waals surface area contributed by atoms with Crippen molar-refractivity contribution < 1.29 is 9.13 Å². The SMILES string of the molecule is Cc1cc(NCC2(F)CCNCC2)c2nc(-c3nnc4c5c(cnn34)N(C)CCO5)ccc2c1. The molecular formula is C24H27FN8O. The summed E-state index contributed by atoms with van der Waals surface area (Å²) >= 11 is 0. The molecule has 2 aliphatic rings. The minimum absolute atomic E-state index is 0.256. The van der Waals surface area contributed by atoms with Gasteiger partial charge in [-0.2, -0.15) is 9.61 Å². The summed E-state index contributed by atoms with van der Waals surface area (Å²) in [5, 5.41) is 20.9. The smallest absolute Gasteiger partial charge is 0.222 e. The van der Waals surface area contributed by atoms with Crippen LogP contribution in [0.1, 0.15) is 18.4 Å². The number of aromatic nitrogens is 5. The highest BCUT2D eigenvalue weighted by Crippen LogP contribution is 2.35. The van der Waals surface area contributed by atoms with Crippen LogP contribution >= 0.6 is 0 Å². The van der Waals surface area contributed by atoms with Crippen LogP contribution in [0.4, 0.5) is 15.8 Å². The van der Waals surface area contributed by atoms with Crippen molar-refractivity contribution in [2.75, 3.05) is 50.1 Å². The summed E-state index contributed by atoms with van der Waals surface area (Å²) in [6.07, 6.45) is 2.77. The van der Waals surface area contributed by atoms with Crippen molar-refractivity contribution in [1.29, 1.82) is 0 Å². The fourth-order valence-corrected chi connectivity index (χ4v) is 4.74. The number of rotatable bonds is 4. The quantitative estimate of drug-likeness (QED) is 0.478. The molecule has 0 saturated carbocycles. The van der Waals surface area contributed by atoms with Crippen LogP contribution in [-0.4, -0.2) is 70.3 Å². The zero-order valence-corrected chi connectivity index (χ0v) is 19.3. The fourth-order valence-electron chi connectivity index (χ4n) is 4.74. The van der Waals surface area contributed by atoms with E-state index in [-0.39, 0.29) is 6.54 Å². The number of halogens is 1. The highest BCUT2D eigenvalue weighted by molar-refractivity contribution is 5.92. The van der Waals surface area contributed by atoms with Gasteiger partial charge in [0, 0.05) is 19.0 Å².